The Bertz CT molecular complexity index is 884. The lowest BCUT2D eigenvalue weighted by atomic mass is 9.49. The first-order chi connectivity index (χ1) is 15.1. The van der Waals surface area contributed by atoms with E-state index in [1.807, 2.05) is 36.9 Å². The number of carbonyl (C=O) groups is 2. The zero-order valence-corrected chi connectivity index (χ0v) is 20.1. The average molecular weight is 439 g/mol. The van der Waals surface area contributed by atoms with E-state index in [1.165, 1.54) is 19.3 Å². The Morgan fingerprint density at radius 1 is 1.12 bits per heavy atom. The van der Waals surface area contributed by atoms with Gasteiger partial charge in [0, 0.05) is 12.2 Å². The van der Waals surface area contributed by atoms with Gasteiger partial charge in [-0.2, -0.15) is 0 Å². The van der Waals surface area contributed by atoms with Crippen LogP contribution in [0.4, 0.5) is 11.4 Å². The molecule has 0 saturated heterocycles. The molecule has 2 amide bonds. The van der Waals surface area contributed by atoms with Gasteiger partial charge in [-0.05, 0) is 101 Å². The van der Waals surface area contributed by atoms with Gasteiger partial charge in [0.2, 0.25) is 11.8 Å². The van der Waals surface area contributed by atoms with E-state index < -0.39 is 5.41 Å². The van der Waals surface area contributed by atoms with Crippen molar-refractivity contribution in [2.75, 3.05) is 23.4 Å². The molecule has 0 spiro atoms. The summed E-state index contributed by atoms with van der Waals surface area (Å²) in [4.78, 5) is 28.8. The van der Waals surface area contributed by atoms with Crippen molar-refractivity contribution < 1.29 is 14.3 Å². The third kappa shape index (κ3) is 3.82. The molecule has 0 unspecified atom stereocenters. The Morgan fingerprint density at radius 2 is 1.75 bits per heavy atom. The normalized spacial score (nSPS) is 32.5. The molecule has 5 heteroatoms. The van der Waals surface area contributed by atoms with E-state index in [0.717, 1.165) is 60.6 Å². The minimum absolute atomic E-state index is 0.0847. The van der Waals surface area contributed by atoms with Crippen LogP contribution < -0.4 is 15.0 Å². The summed E-state index contributed by atoms with van der Waals surface area (Å²) >= 11 is 0. The molecule has 0 radical (unpaired) electrons. The Morgan fingerprint density at radius 3 is 2.34 bits per heavy atom. The Kier molecular flexibility index (Phi) is 5.29. The van der Waals surface area contributed by atoms with Crippen LogP contribution in [-0.2, 0) is 9.59 Å². The van der Waals surface area contributed by atoms with Crippen LogP contribution in [0.2, 0.25) is 0 Å². The van der Waals surface area contributed by atoms with Crippen LogP contribution in [0.15, 0.2) is 18.2 Å². The molecule has 1 aromatic carbocycles. The Labute approximate surface area is 192 Å². The number of ether oxygens (including phenoxy) is 1. The summed E-state index contributed by atoms with van der Waals surface area (Å²) in [7, 11) is 0. The molecule has 0 atom stereocenters. The number of amides is 2. The number of hydrogen-bond donors (Lipinski definition) is 1. The second kappa shape index (κ2) is 7.78. The minimum atomic E-state index is -0.585. The fourth-order valence-corrected chi connectivity index (χ4v) is 6.98. The van der Waals surface area contributed by atoms with Crippen LogP contribution >= 0.6 is 0 Å². The van der Waals surface area contributed by atoms with Gasteiger partial charge in [0.15, 0.2) is 0 Å². The molecule has 6 rings (SSSR count). The van der Waals surface area contributed by atoms with E-state index >= 15 is 0 Å². The third-order valence-corrected chi connectivity index (χ3v) is 8.37. The smallest absolute Gasteiger partial charge is 0.236 e. The van der Waals surface area contributed by atoms with Crippen LogP contribution in [-0.4, -0.2) is 25.0 Å². The maximum atomic E-state index is 13.5. The molecule has 1 heterocycles. The van der Waals surface area contributed by atoms with Crippen LogP contribution in [0, 0.1) is 34.5 Å². The van der Waals surface area contributed by atoms with Gasteiger partial charge in [0.1, 0.15) is 12.4 Å². The molecule has 4 aliphatic carbocycles. The molecule has 4 fully saturated rings. The Hall–Kier alpha value is -2.04. The first kappa shape index (κ1) is 21.8. The van der Waals surface area contributed by atoms with Crippen molar-refractivity contribution in [3.63, 3.8) is 0 Å². The number of anilines is 2. The van der Waals surface area contributed by atoms with E-state index in [1.54, 1.807) is 0 Å². The first-order valence-electron chi connectivity index (χ1n) is 12.6. The molecular weight excluding hydrogens is 400 g/mol. The highest BCUT2D eigenvalue weighted by molar-refractivity contribution is 6.01. The predicted molar refractivity (Wildman–Crippen MR) is 127 cm³/mol. The number of carbonyl (C=O) groups excluding carboxylic acids is 2. The zero-order valence-electron chi connectivity index (χ0n) is 20.1. The average Bonchev–Trinajstić information content (AvgIpc) is 2.80. The minimum Gasteiger partial charge on any atom is -0.490 e. The number of fused-ring (bicyclic) bond motifs is 1. The summed E-state index contributed by atoms with van der Waals surface area (Å²) in [5, 5.41) is 3.26. The van der Waals surface area contributed by atoms with Crippen molar-refractivity contribution in [1.82, 2.24) is 0 Å². The Balaban J connectivity index is 1.41. The van der Waals surface area contributed by atoms with Crippen molar-refractivity contribution >= 4 is 23.2 Å². The summed E-state index contributed by atoms with van der Waals surface area (Å²) in [6.45, 7) is 9.25. The highest BCUT2D eigenvalue weighted by atomic mass is 16.5. The lowest BCUT2D eigenvalue weighted by molar-refractivity contribution is -0.140. The molecule has 5 nitrogen and oxygen atoms in total. The summed E-state index contributed by atoms with van der Waals surface area (Å²) < 4.78 is 6.06. The molecule has 32 heavy (non-hydrogen) atoms. The van der Waals surface area contributed by atoms with E-state index in [2.05, 4.69) is 19.2 Å². The second-order valence-corrected chi connectivity index (χ2v) is 12.1. The van der Waals surface area contributed by atoms with Gasteiger partial charge in [-0.25, -0.2) is 0 Å². The standard InChI is InChI=1S/C27H38N2O3/c1-17(2)7-8-29-22-12-21(5-6-23(22)32-16-26(3,4)25(29)31)28-24(30)27-13-18-9-19(14-27)11-20(10-18)15-27/h5-6,12,17-20H,7-11,13-16H2,1-4H3,(H,28,30). The summed E-state index contributed by atoms with van der Waals surface area (Å²) in [5.41, 5.74) is 0.783. The largest absolute Gasteiger partial charge is 0.490 e. The number of rotatable bonds is 5. The van der Waals surface area contributed by atoms with Gasteiger partial charge in [-0.1, -0.05) is 13.8 Å². The van der Waals surface area contributed by atoms with Crippen LogP contribution in [0.25, 0.3) is 0 Å². The van der Waals surface area contributed by atoms with Gasteiger partial charge in [-0.3, -0.25) is 9.59 Å². The van der Waals surface area contributed by atoms with Crippen molar-refractivity contribution in [3.05, 3.63) is 18.2 Å². The molecule has 4 bridgehead atoms. The predicted octanol–water partition coefficient (Wildman–Crippen LogP) is 5.64. The summed E-state index contributed by atoms with van der Waals surface area (Å²) in [6, 6.07) is 5.80. The highest BCUT2D eigenvalue weighted by Gasteiger charge is 2.54. The van der Waals surface area contributed by atoms with Crippen molar-refractivity contribution in [2.45, 2.75) is 72.6 Å². The molecule has 1 N–H and O–H groups in total. The van der Waals surface area contributed by atoms with Gasteiger partial charge in [-0.15, -0.1) is 0 Å². The monoisotopic (exact) mass is 438 g/mol. The molecule has 174 valence electrons. The van der Waals surface area contributed by atoms with Gasteiger partial charge in [0.05, 0.1) is 16.5 Å². The fraction of sp³-hybridized carbons (Fsp3) is 0.704. The van der Waals surface area contributed by atoms with E-state index in [0.29, 0.717) is 19.1 Å². The van der Waals surface area contributed by atoms with Gasteiger partial charge in [0.25, 0.3) is 0 Å². The topological polar surface area (TPSA) is 58.6 Å². The maximum Gasteiger partial charge on any atom is 0.236 e. The third-order valence-electron chi connectivity index (χ3n) is 8.37. The molecular formula is C27H38N2O3. The second-order valence-electron chi connectivity index (χ2n) is 12.1. The van der Waals surface area contributed by atoms with Crippen molar-refractivity contribution in [1.29, 1.82) is 0 Å². The molecule has 0 aromatic heterocycles. The van der Waals surface area contributed by atoms with Crippen LogP contribution in [0.1, 0.15) is 72.6 Å². The van der Waals surface area contributed by atoms with Gasteiger partial charge >= 0.3 is 0 Å². The summed E-state index contributed by atoms with van der Waals surface area (Å²) in [6.07, 6.45) is 8.04. The van der Waals surface area contributed by atoms with E-state index in [-0.39, 0.29) is 17.2 Å². The lowest BCUT2D eigenvalue weighted by Crippen LogP contribution is -2.51. The summed E-state index contributed by atoms with van der Waals surface area (Å²) in [5.74, 6) is 3.70. The quantitative estimate of drug-likeness (QED) is 0.647. The maximum absolute atomic E-state index is 13.5. The van der Waals surface area contributed by atoms with Crippen molar-refractivity contribution in [2.24, 2.45) is 34.5 Å². The molecule has 1 aromatic rings. The highest BCUT2D eigenvalue weighted by Crippen LogP contribution is 2.60. The van der Waals surface area contributed by atoms with Crippen LogP contribution in [0.5, 0.6) is 5.75 Å². The van der Waals surface area contributed by atoms with Crippen molar-refractivity contribution in [3.8, 4) is 5.75 Å². The SMILES string of the molecule is CC(C)CCN1C(=O)C(C)(C)COc2ccc(NC(=O)C34CC5CC(CC(C5)C3)C4)cc21. The lowest BCUT2D eigenvalue weighted by Gasteiger charge is -2.55. The first-order valence-corrected chi connectivity index (χ1v) is 12.6. The molecule has 1 aliphatic heterocycles. The number of hydrogen-bond acceptors (Lipinski definition) is 3. The van der Waals surface area contributed by atoms with Crippen LogP contribution in [0.3, 0.4) is 0 Å². The van der Waals surface area contributed by atoms with Gasteiger partial charge < -0.3 is 15.0 Å². The molecule has 4 saturated carbocycles. The molecule has 5 aliphatic rings. The number of nitrogens with zero attached hydrogens (tertiary/aromatic N) is 1. The zero-order chi connectivity index (χ0) is 22.7. The number of nitrogens with one attached hydrogen (secondary N) is 1. The van der Waals surface area contributed by atoms with E-state index in [9.17, 15) is 9.59 Å². The van der Waals surface area contributed by atoms with E-state index in [4.69, 9.17) is 4.74 Å². The number of benzene rings is 1. The fourth-order valence-electron chi connectivity index (χ4n) is 6.98.